The summed E-state index contributed by atoms with van der Waals surface area (Å²) in [7, 11) is 3.22. The first-order valence-corrected chi connectivity index (χ1v) is 7.35. The van der Waals surface area contributed by atoms with E-state index < -0.39 is 0 Å². The Labute approximate surface area is 135 Å². The van der Waals surface area contributed by atoms with Crippen LogP contribution in [0.3, 0.4) is 0 Å². The molecule has 3 aromatic rings. The Balaban J connectivity index is 2.12. The van der Waals surface area contributed by atoms with E-state index >= 15 is 0 Å². The second kappa shape index (κ2) is 6.22. The Hall–Kier alpha value is -2.66. The van der Waals surface area contributed by atoms with Crippen LogP contribution in [-0.4, -0.2) is 24.2 Å². The fourth-order valence-corrected chi connectivity index (χ4v) is 2.66. The summed E-state index contributed by atoms with van der Waals surface area (Å²) in [6.07, 6.45) is 0. The lowest BCUT2D eigenvalue weighted by atomic mass is 10.00. The predicted molar refractivity (Wildman–Crippen MR) is 89.9 cm³/mol. The van der Waals surface area contributed by atoms with Gasteiger partial charge in [0.25, 0.3) is 0 Å². The highest BCUT2D eigenvalue weighted by Crippen LogP contribution is 2.32. The molecule has 1 heterocycles. The average Bonchev–Trinajstić information content (AvgIpc) is 2.59. The van der Waals surface area contributed by atoms with Gasteiger partial charge in [-0.15, -0.1) is 0 Å². The molecule has 0 saturated carbocycles. The first-order valence-electron chi connectivity index (χ1n) is 7.35. The van der Waals surface area contributed by atoms with Crippen molar-refractivity contribution >= 4 is 10.9 Å². The lowest BCUT2D eigenvalue weighted by molar-refractivity contribution is 0.354. The van der Waals surface area contributed by atoms with Crippen molar-refractivity contribution in [3.63, 3.8) is 0 Å². The maximum absolute atomic E-state index is 6.48. The topological polar surface area (TPSA) is 70.3 Å². The molecule has 0 amide bonds. The van der Waals surface area contributed by atoms with E-state index in [1.54, 1.807) is 14.2 Å². The van der Waals surface area contributed by atoms with E-state index in [0.29, 0.717) is 17.3 Å². The number of rotatable bonds is 4. The molecule has 1 unspecified atom stereocenters. The van der Waals surface area contributed by atoms with Gasteiger partial charge in [-0.05, 0) is 30.7 Å². The second-order valence-electron chi connectivity index (χ2n) is 5.27. The molecule has 0 aliphatic heterocycles. The van der Waals surface area contributed by atoms with Crippen molar-refractivity contribution in [3.8, 4) is 11.5 Å². The number of aromatic nitrogens is 2. The Morgan fingerprint density at radius 2 is 1.70 bits per heavy atom. The molecule has 0 radical (unpaired) electrons. The van der Waals surface area contributed by atoms with Crippen LogP contribution in [0, 0.1) is 6.92 Å². The third kappa shape index (κ3) is 2.83. The van der Waals surface area contributed by atoms with E-state index in [-0.39, 0.29) is 6.04 Å². The van der Waals surface area contributed by atoms with Crippen LogP contribution in [-0.2, 0) is 0 Å². The number of ether oxygens (including phenoxy) is 2. The quantitative estimate of drug-likeness (QED) is 0.802. The lowest BCUT2D eigenvalue weighted by Crippen LogP contribution is -2.15. The van der Waals surface area contributed by atoms with Gasteiger partial charge < -0.3 is 15.2 Å². The molecule has 0 saturated heterocycles. The summed E-state index contributed by atoms with van der Waals surface area (Å²) < 4.78 is 10.6. The summed E-state index contributed by atoms with van der Waals surface area (Å²) in [6.45, 7) is 1.87. The molecule has 0 aliphatic carbocycles. The number of hydrogen-bond acceptors (Lipinski definition) is 5. The molecule has 2 aromatic carbocycles. The van der Waals surface area contributed by atoms with E-state index in [1.807, 2.05) is 49.4 Å². The SMILES string of the molecule is COc1ccc(C(N)c2nc(C)nc3ccccc23)cc1OC. The van der Waals surface area contributed by atoms with Crippen LogP contribution < -0.4 is 15.2 Å². The molecule has 0 spiro atoms. The maximum Gasteiger partial charge on any atom is 0.161 e. The van der Waals surface area contributed by atoms with Gasteiger partial charge in [0.05, 0.1) is 31.5 Å². The standard InChI is InChI=1S/C18H19N3O2/c1-11-20-14-7-5-4-6-13(14)18(21-11)17(19)12-8-9-15(22-2)16(10-12)23-3/h4-10,17H,19H2,1-3H3. The van der Waals surface area contributed by atoms with Crippen molar-refractivity contribution in [1.82, 2.24) is 9.97 Å². The summed E-state index contributed by atoms with van der Waals surface area (Å²) in [5.74, 6) is 2.03. The van der Waals surface area contributed by atoms with Crippen LogP contribution >= 0.6 is 0 Å². The zero-order chi connectivity index (χ0) is 16.4. The molecular formula is C18H19N3O2. The van der Waals surface area contributed by atoms with Crippen LogP contribution in [0.15, 0.2) is 42.5 Å². The van der Waals surface area contributed by atoms with Gasteiger partial charge in [0, 0.05) is 5.39 Å². The molecule has 118 valence electrons. The normalized spacial score (nSPS) is 12.2. The fraction of sp³-hybridized carbons (Fsp3) is 0.222. The zero-order valence-electron chi connectivity index (χ0n) is 13.4. The summed E-state index contributed by atoms with van der Waals surface area (Å²) >= 11 is 0. The molecule has 5 nitrogen and oxygen atoms in total. The van der Waals surface area contributed by atoms with Gasteiger partial charge in [0.1, 0.15) is 5.82 Å². The van der Waals surface area contributed by atoms with Gasteiger partial charge in [-0.1, -0.05) is 24.3 Å². The van der Waals surface area contributed by atoms with Crippen LogP contribution in [0.25, 0.3) is 10.9 Å². The molecule has 23 heavy (non-hydrogen) atoms. The van der Waals surface area contributed by atoms with Gasteiger partial charge in [-0.3, -0.25) is 0 Å². The molecule has 0 bridgehead atoms. The Morgan fingerprint density at radius 1 is 0.957 bits per heavy atom. The van der Waals surface area contributed by atoms with Gasteiger partial charge in [-0.2, -0.15) is 0 Å². The van der Waals surface area contributed by atoms with Crippen LogP contribution in [0.2, 0.25) is 0 Å². The number of hydrogen-bond donors (Lipinski definition) is 1. The monoisotopic (exact) mass is 309 g/mol. The smallest absolute Gasteiger partial charge is 0.161 e. The van der Waals surface area contributed by atoms with Gasteiger partial charge in [0.2, 0.25) is 0 Å². The Morgan fingerprint density at radius 3 is 2.43 bits per heavy atom. The third-order valence-electron chi connectivity index (χ3n) is 3.81. The first-order chi connectivity index (χ1) is 11.1. The fourth-order valence-electron chi connectivity index (χ4n) is 2.66. The lowest BCUT2D eigenvalue weighted by Gasteiger charge is -2.16. The van der Waals surface area contributed by atoms with Gasteiger partial charge in [-0.25, -0.2) is 9.97 Å². The molecule has 2 N–H and O–H groups in total. The van der Waals surface area contributed by atoms with Crippen molar-refractivity contribution in [2.75, 3.05) is 14.2 Å². The number of fused-ring (bicyclic) bond motifs is 1. The van der Waals surface area contributed by atoms with Crippen molar-refractivity contribution in [3.05, 3.63) is 59.5 Å². The number of nitrogens with two attached hydrogens (primary N) is 1. The highest BCUT2D eigenvalue weighted by molar-refractivity contribution is 5.81. The van der Waals surface area contributed by atoms with Crippen molar-refractivity contribution < 1.29 is 9.47 Å². The summed E-state index contributed by atoms with van der Waals surface area (Å²) in [4.78, 5) is 9.03. The zero-order valence-corrected chi connectivity index (χ0v) is 13.4. The van der Waals surface area contributed by atoms with Crippen LogP contribution in [0.1, 0.15) is 23.1 Å². The molecule has 5 heteroatoms. The molecule has 0 aliphatic rings. The predicted octanol–water partition coefficient (Wildman–Crippen LogP) is 3.00. The van der Waals surface area contributed by atoms with Gasteiger partial charge in [0.15, 0.2) is 11.5 Å². The van der Waals surface area contributed by atoms with E-state index in [9.17, 15) is 0 Å². The number of nitrogens with zero attached hydrogens (tertiary/aromatic N) is 2. The minimum absolute atomic E-state index is 0.374. The molecule has 1 aromatic heterocycles. The first kappa shape index (κ1) is 15.2. The van der Waals surface area contributed by atoms with E-state index in [2.05, 4.69) is 9.97 Å². The molecule has 1 atom stereocenters. The van der Waals surface area contributed by atoms with Crippen molar-refractivity contribution in [2.45, 2.75) is 13.0 Å². The van der Waals surface area contributed by atoms with E-state index in [1.165, 1.54) is 0 Å². The average molecular weight is 309 g/mol. The highest BCUT2D eigenvalue weighted by Gasteiger charge is 2.17. The second-order valence-corrected chi connectivity index (χ2v) is 5.27. The van der Waals surface area contributed by atoms with E-state index in [0.717, 1.165) is 22.2 Å². The number of methoxy groups -OCH3 is 2. The van der Waals surface area contributed by atoms with Crippen LogP contribution in [0.4, 0.5) is 0 Å². The molecule has 0 fully saturated rings. The Kier molecular flexibility index (Phi) is 4.12. The minimum Gasteiger partial charge on any atom is -0.493 e. The minimum atomic E-state index is -0.374. The molecular weight excluding hydrogens is 290 g/mol. The van der Waals surface area contributed by atoms with Crippen molar-refractivity contribution in [2.24, 2.45) is 5.73 Å². The molecule has 3 rings (SSSR count). The van der Waals surface area contributed by atoms with E-state index in [4.69, 9.17) is 15.2 Å². The third-order valence-corrected chi connectivity index (χ3v) is 3.81. The number of para-hydroxylation sites is 1. The van der Waals surface area contributed by atoms with Crippen molar-refractivity contribution in [1.29, 1.82) is 0 Å². The van der Waals surface area contributed by atoms with Gasteiger partial charge >= 0.3 is 0 Å². The summed E-state index contributed by atoms with van der Waals surface area (Å²) in [5, 5.41) is 0.959. The van der Waals surface area contributed by atoms with Crippen LogP contribution in [0.5, 0.6) is 11.5 Å². The summed E-state index contributed by atoms with van der Waals surface area (Å²) in [6, 6.07) is 13.2. The number of aryl methyl sites for hydroxylation is 1. The largest absolute Gasteiger partial charge is 0.493 e. The maximum atomic E-state index is 6.48. The number of benzene rings is 2. The summed E-state index contributed by atoms with van der Waals surface area (Å²) in [5.41, 5.74) is 9.09. The Bertz CT molecular complexity index is 849. The highest BCUT2D eigenvalue weighted by atomic mass is 16.5.